The summed E-state index contributed by atoms with van der Waals surface area (Å²) in [5.74, 6) is 0. The summed E-state index contributed by atoms with van der Waals surface area (Å²) in [4.78, 5) is 4.34. The van der Waals surface area contributed by atoms with Crippen LogP contribution in [0.2, 0.25) is 10.0 Å². The maximum absolute atomic E-state index is 6.86. The molecule has 0 aliphatic carbocycles. The van der Waals surface area contributed by atoms with E-state index in [1.54, 1.807) is 6.20 Å². The van der Waals surface area contributed by atoms with Gasteiger partial charge < -0.3 is 4.57 Å². The molecule has 6 aromatic rings. The second-order valence-electron chi connectivity index (χ2n) is 7.52. The molecule has 0 saturated heterocycles. The SMILES string of the molecule is Clc1ccccc1-c1cccc2c(Cl)cc3c(c4ccccc4n3-c3cccnc3)c12. The number of para-hydroxylation sites is 1. The Morgan fingerprint density at radius 1 is 0.613 bits per heavy atom. The first kappa shape index (κ1) is 18.4. The van der Waals surface area contributed by atoms with Crippen LogP contribution in [0.25, 0.3) is 49.4 Å². The van der Waals surface area contributed by atoms with Crippen molar-refractivity contribution in [1.29, 1.82) is 0 Å². The largest absolute Gasteiger partial charge is 0.308 e. The van der Waals surface area contributed by atoms with Crippen molar-refractivity contribution in [2.75, 3.05) is 0 Å². The van der Waals surface area contributed by atoms with Gasteiger partial charge in [-0.15, -0.1) is 0 Å². The Balaban J connectivity index is 1.88. The van der Waals surface area contributed by atoms with Gasteiger partial charge in [-0.2, -0.15) is 0 Å². The molecule has 6 rings (SSSR count). The fourth-order valence-electron chi connectivity index (χ4n) is 4.55. The van der Waals surface area contributed by atoms with Crippen molar-refractivity contribution in [2.24, 2.45) is 0 Å². The van der Waals surface area contributed by atoms with Crippen molar-refractivity contribution >= 4 is 55.8 Å². The minimum absolute atomic E-state index is 0.712. The molecule has 0 radical (unpaired) electrons. The third-order valence-electron chi connectivity index (χ3n) is 5.81. The third kappa shape index (κ3) is 2.76. The molecule has 0 aliphatic rings. The summed E-state index contributed by atoms with van der Waals surface area (Å²) in [6, 6.07) is 28.7. The Labute approximate surface area is 189 Å². The van der Waals surface area contributed by atoms with Crippen LogP contribution in [-0.4, -0.2) is 9.55 Å². The second-order valence-corrected chi connectivity index (χ2v) is 8.34. The summed E-state index contributed by atoms with van der Waals surface area (Å²) in [5.41, 5.74) is 5.23. The highest BCUT2D eigenvalue weighted by molar-refractivity contribution is 6.40. The predicted octanol–water partition coefficient (Wildman–Crippen LogP) is 8.31. The van der Waals surface area contributed by atoms with E-state index in [9.17, 15) is 0 Å². The Morgan fingerprint density at radius 2 is 1.39 bits per heavy atom. The van der Waals surface area contributed by atoms with Crippen molar-refractivity contribution < 1.29 is 0 Å². The first-order chi connectivity index (χ1) is 15.2. The number of hydrogen-bond acceptors (Lipinski definition) is 1. The lowest BCUT2D eigenvalue weighted by atomic mass is 9.94. The van der Waals surface area contributed by atoms with E-state index < -0.39 is 0 Å². The van der Waals surface area contributed by atoms with Crippen molar-refractivity contribution in [3.63, 3.8) is 0 Å². The summed E-state index contributed by atoms with van der Waals surface area (Å²) in [5, 5.41) is 5.89. The Morgan fingerprint density at radius 3 is 2.23 bits per heavy atom. The average Bonchev–Trinajstić information content (AvgIpc) is 3.13. The molecule has 0 aliphatic heterocycles. The summed E-state index contributed by atoms with van der Waals surface area (Å²) in [6.45, 7) is 0. The van der Waals surface area contributed by atoms with Crippen LogP contribution < -0.4 is 0 Å². The van der Waals surface area contributed by atoms with Gasteiger partial charge >= 0.3 is 0 Å². The standard InChI is InChI=1S/C27H16Cl2N2/c28-22-12-3-1-8-18(22)19-10-5-11-20-23(29)15-25-27(26(19)20)21-9-2-4-13-24(21)31(25)17-7-6-14-30-16-17/h1-16H. The van der Waals surface area contributed by atoms with Crippen LogP contribution in [-0.2, 0) is 0 Å². The molecule has 0 bridgehead atoms. The van der Waals surface area contributed by atoms with Gasteiger partial charge in [0.05, 0.1) is 27.9 Å². The molecule has 2 heterocycles. The van der Waals surface area contributed by atoms with Crippen LogP contribution in [0.15, 0.2) is 97.3 Å². The number of hydrogen-bond donors (Lipinski definition) is 0. The van der Waals surface area contributed by atoms with Crippen LogP contribution in [0.4, 0.5) is 0 Å². The average molecular weight is 439 g/mol. The number of nitrogens with zero attached hydrogens (tertiary/aromatic N) is 2. The van der Waals surface area contributed by atoms with Crippen molar-refractivity contribution in [2.45, 2.75) is 0 Å². The third-order valence-corrected chi connectivity index (χ3v) is 6.46. The molecule has 0 amide bonds. The van der Waals surface area contributed by atoms with Gasteiger partial charge in [-0.1, -0.05) is 77.8 Å². The molecule has 4 aromatic carbocycles. The molecule has 0 spiro atoms. The summed E-state index contributed by atoms with van der Waals surface area (Å²) in [7, 11) is 0. The number of fused-ring (bicyclic) bond motifs is 5. The lowest BCUT2D eigenvalue weighted by molar-refractivity contribution is 1.14. The van der Waals surface area contributed by atoms with Crippen molar-refractivity contribution in [3.05, 3.63) is 107 Å². The van der Waals surface area contributed by atoms with Crippen molar-refractivity contribution in [3.8, 4) is 16.8 Å². The zero-order valence-electron chi connectivity index (χ0n) is 16.4. The zero-order valence-corrected chi connectivity index (χ0v) is 17.9. The monoisotopic (exact) mass is 438 g/mol. The molecule has 148 valence electrons. The van der Waals surface area contributed by atoms with E-state index in [4.69, 9.17) is 23.2 Å². The molecule has 4 heteroatoms. The van der Waals surface area contributed by atoms with Gasteiger partial charge in [0.2, 0.25) is 0 Å². The molecule has 31 heavy (non-hydrogen) atoms. The molecule has 0 N–H and O–H groups in total. The maximum atomic E-state index is 6.86. The molecular formula is C27H16Cl2N2. The van der Waals surface area contributed by atoms with E-state index in [-0.39, 0.29) is 0 Å². The highest BCUT2D eigenvalue weighted by Crippen LogP contribution is 2.44. The van der Waals surface area contributed by atoms with Gasteiger partial charge in [0, 0.05) is 38.3 Å². The first-order valence-electron chi connectivity index (χ1n) is 10.0. The highest BCUT2D eigenvalue weighted by atomic mass is 35.5. The van der Waals surface area contributed by atoms with Crippen LogP contribution in [0.1, 0.15) is 0 Å². The fraction of sp³-hybridized carbons (Fsp3) is 0. The molecule has 2 aromatic heterocycles. The zero-order chi connectivity index (χ0) is 20.9. The first-order valence-corrected chi connectivity index (χ1v) is 10.8. The molecule has 0 atom stereocenters. The van der Waals surface area contributed by atoms with Gasteiger partial charge in [0.15, 0.2) is 0 Å². The van der Waals surface area contributed by atoms with Crippen LogP contribution in [0.3, 0.4) is 0 Å². The van der Waals surface area contributed by atoms with Gasteiger partial charge in [-0.25, -0.2) is 0 Å². The number of halogens is 2. The van der Waals surface area contributed by atoms with Gasteiger partial charge in [0.1, 0.15) is 0 Å². The van der Waals surface area contributed by atoms with Gasteiger partial charge in [-0.05, 0) is 35.9 Å². The van der Waals surface area contributed by atoms with E-state index in [0.29, 0.717) is 5.02 Å². The fourth-order valence-corrected chi connectivity index (χ4v) is 5.04. The number of benzene rings is 4. The predicted molar refractivity (Wildman–Crippen MR) is 132 cm³/mol. The summed E-state index contributed by atoms with van der Waals surface area (Å²) < 4.78 is 2.23. The van der Waals surface area contributed by atoms with Crippen LogP contribution in [0, 0.1) is 0 Å². The normalized spacial score (nSPS) is 11.5. The molecule has 0 unspecified atom stereocenters. The maximum Gasteiger partial charge on any atom is 0.0645 e. The Kier molecular flexibility index (Phi) is 4.24. The topological polar surface area (TPSA) is 17.8 Å². The minimum Gasteiger partial charge on any atom is -0.308 e. The molecular weight excluding hydrogens is 423 g/mol. The van der Waals surface area contributed by atoms with E-state index >= 15 is 0 Å². The van der Waals surface area contributed by atoms with Crippen LogP contribution in [0.5, 0.6) is 0 Å². The number of rotatable bonds is 2. The minimum atomic E-state index is 0.712. The van der Waals surface area contributed by atoms with E-state index in [0.717, 1.165) is 49.0 Å². The van der Waals surface area contributed by atoms with Crippen molar-refractivity contribution in [1.82, 2.24) is 9.55 Å². The lowest BCUT2D eigenvalue weighted by Crippen LogP contribution is -1.94. The lowest BCUT2D eigenvalue weighted by Gasteiger charge is -2.13. The number of pyridine rings is 1. The molecule has 0 fully saturated rings. The quantitative estimate of drug-likeness (QED) is 0.265. The van der Waals surface area contributed by atoms with Crippen LogP contribution >= 0.6 is 23.2 Å². The molecule has 2 nitrogen and oxygen atoms in total. The molecule has 0 saturated carbocycles. The van der Waals surface area contributed by atoms with E-state index in [1.165, 1.54) is 5.39 Å². The summed E-state index contributed by atoms with van der Waals surface area (Å²) in [6.07, 6.45) is 3.67. The Hall–Kier alpha value is -3.33. The second kappa shape index (κ2) is 7.12. The Bertz CT molecular complexity index is 1600. The van der Waals surface area contributed by atoms with Gasteiger partial charge in [0.25, 0.3) is 0 Å². The van der Waals surface area contributed by atoms with E-state index in [2.05, 4.69) is 64.1 Å². The highest BCUT2D eigenvalue weighted by Gasteiger charge is 2.19. The van der Waals surface area contributed by atoms with Gasteiger partial charge in [-0.3, -0.25) is 4.98 Å². The smallest absolute Gasteiger partial charge is 0.0645 e. The van der Waals surface area contributed by atoms with E-state index in [1.807, 2.05) is 36.5 Å². The summed E-state index contributed by atoms with van der Waals surface area (Å²) >= 11 is 13.5. The number of aromatic nitrogens is 2.